The summed E-state index contributed by atoms with van der Waals surface area (Å²) in [7, 11) is 0. The molecule has 0 aromatic carbocycles. The Morgan fingerprint density at radius 2 is 2.44 bits per heavy atom. The summed E-state index contributed by atoms with van der Waals surface area (Å²) in [5, 5.41) is 3.34. The van der Waals surface area contributed by atoms with Gasteiger partial charge in [-0.1, -0.05) is 0 Å². The summed E-state index contributed by atoms with van der Waals surface area (Å²) in [5.41, 5.74) is 0. The van der Waals surface area contributed by atoms with Crippen molar-refractivity contribution in [3.05, 3.63) is 23.7 Å². The topological polar surface area (TPSA) is 25.4 Å². The maximum Gasteiger partial charge on any atom is 0.137 e. The number of thiophene rings is 1. The smallest absolute Gasteiger partial charge is 0.137 e. The minimum atomic E-state index is 0.0959. The third-order valence-corrected chi connectivity index (χ3v) is 4.53. The molecule has 1 fully saturated rings. The largest absolute Gasteiger partial charge is 0.373 e. The third kappa shape index (κ3) is 2.09. The number of fused-ring (bicyclic) bond motifs is 1. The first-order chi connectivity index (χ1) is 8.79. The van der Waals surface area contributed by atoms with Crippen LogP contribution >= 0.6 is 22.9 Å². The van der Waals surface area contributed by atoms with Gasteiger partial charge in [-0.15, -0.1) is 22.9 Å². The van der Waals surface area contributed by atoms with Crippen LogP contribution in [0.3, 0.4) is 0 Å². The van der Waals surface area contributed by atoms with E-state index >= 15 is 0 Å². The zero-order chi connectivity index (χ0) is 12.5. The van der Waals surface area contributed by atoms with Crippen molar-refractivity contribution in [3.63, 3.8) is 0 Å². The van der Waals surface area contributed by atoms with Crippen molar-refractivity contribution < 1.29 is 4.74 Å². The molecule has 96 valence electrons. The third-order valence-electron chi connectivity index (χ3n) is 3.31. The number of nitrogens with zero attached hydrogens (tertiary/aromatic N) is 2. The minimum Gasteiger partial charge on any atom is -0.373 e. The highest BCUT2D eigenvalue weighted by molar-refractivity contribution is 7.17. The van der Waals surface area contributed by atoms with Crippen molar-refractivity contribution in [2.45, 2.75) is 19.1 Å². The van der Waals surface area contributed by atoms with Crippen molar-refractivity contribution in [1.82, 2.24) is 4.98 Å². The molecule has 0 N–H and O–H groups in total. The molecule has 1 saturated heterocycles. The van der Waals surface area contributed by atoms with Gasteiger partial charge in [0.15, 0.2) is 0 Å². The van der Waals surface area contributed by atoms with Crippen LogP contribution in [-0.4, -0.2) is 36.2 Å². The predicted octanol–water partition coefficient (Wildman–Crippen LogP) is 3.13. The number of hydrogen-bond acceptors (Lipinski definition) is 4. The van der Waals surface area contributed by atoms with Crippen LogP contribution in [-0.2, 0) is 4.74 Å². The summed E-state index contributed by atoms with van der Waals surface area (Å²) in [4.78, 5) is 6.87. The molecule has 0 amide bonds. The minimum absolute atomic E-state index is 0.0959. The number of anilines is 1. The Labute approximate surface area is 115 Å². The van der Waals surface area contributed by atoms with Crippen LogP contribution in [0.25, 0.3) is 10.1 Å². The Bertz CT molecular complexity index is 545. The summed E-state index contributed by atoms with van der Waals surface area (Å²) >= 11 is 7.66. The summed E-state index contributed by atoms with van der Waals surface area (Å²) in [6, 6.07) is 4.54. The highest BCUT2D eigenvalue weighted by Crippen LogP contribution is 2.31. The Morgan fingerprint density at radius 1 is 1.56 bits per heavy atom. The van der Waals surface area contributed by atoms with Crippen LogP contribution in [0.1, 0.15) is 6.92 Å². The lowest BCUT2D eigenvalue weighted by Gasteiger charge is -2.38. The van der Waals surface area contributed by atoms with E-state index in [0.717, 1.165) is 12.4 Å². The number of rotatable bonds is 2. The van der Waals surface area contributed by atoms with Crippen LogP contribution in [0, 0.1) is 0 Å². The van der Waals surface area contributed by atoms with E-state index in [4.69, 9.17) is 16.3 Å². The monoisotopic (exact) mass is 282 g/mol. The normalized spacial score (nSPS) is 24.7. The van der Waals surface area contributed by atoms with Gasteiger partial charge in [0.05, 0.1) is 24.6 Å². The van der Waals surface area contributed by atoms with Gasteiger partial charge in [0.2, 0.25) is 0 Å². The molecule has 2 atom stereocenters. The first-order valence-corrected chi connectivity index (χ1v) is 7.47. The molecular weight excluding hydrogens is 268 g/mol. The molecule has 1 aliphatic heterocycles. The zero-order valence-electron chi connectivity index (χ0n) is 10.2. The van der Waals surface area contributed by atoms with Gasteiger partial charge in [-0.05, 0) is 24.4 Å². The van der Waals surface area contributed by atoms with Crippen molar-refractivity contribution in [2.75, 3.05) is 23.9 Å². The quantitative estimate of drug-likeness (QED) is 0.792. The number of alkyl halides is 1. The standard InChI is InChI=1S/C13H15ClN2OS/c1-9-8-17-10(6-14)7-16(9)13-11-3-5-18-12(11)2-4-15-13/h2-5,9-10H,6-8H2,1H3. The van der Waals surface area contributed by atoms with E-state index in [2.05, 4.69) is 34.3 Å². The number of ether oxygens (including phenoxy) is 1. The second-order valence-corrected chi connectivity index (χ2v) is 5.83. The summed E-state index contributed by atoms with van der Waals surface area (Å²) in [6.45, 7) is 3.68. The molecule has 0 bridgehead atoms. The van der Waals surface area contributed by atoms with Gasteiger partial charge < -0.3 is 9.64 Å². The summed E-state index contributed by atoms with van der Waals surface area (Å²) < 4.78 is 6.96. The van der Waals surface area contributed by atoms with E-state index in [1.165, 1.54) is 10.1 Å². The molecule has 3 nitrogen and oxygen atoms in total. The highest BCUT2D eigenvalue weighted by atomic mass is 35.5. The lowest BCUT2D eigenvalue weighted by molar-refractivity contribution is 0.0363. The number of pyridine rings is 1. The van der Waals surface area contributed by atoms with E-state index in [0.29, 0.717) is 18.5 Å². The Kier molecular flexibility index (Phi) is 3.41. The number of halogens is 1. The average molecular weight is 283 g/mol. The molecule has 3 rings (SSSR count). The average Bonchev–Trinajstić information content (AvgIpc) is 2.87. The first kappa shape index (κ1) is 12.2. The molecule has 0 aliphatic carbocycles. The molecule has 1 aliphatic rings. The SMILES string of the molecule is CC1COC(CCl)CN1c1nccc2sccc12. The fraction of sp³-hybridized carbons (Fsp3) is 0.462. The Hall–Kier alpha value is -0.840. The van der Waals surface area contributed by atoms with E-state index in [1.807, 2.05) is 6.20 Å². The van der Waals surface area contributed by atoms with Gasteiger partial charge in [0.25, 0.3) is 0 Å². The van der Waals surface area contributed by atoms with Gasteiger partial charge in [0, 0.05) is 22.8 Å². The van der Waals surface area contributed by atoms with Gasteiger partial charge in [0.1, 0.15) is 5.82 Å². The van der Waals surface area contributed by atoms with E-state index < -0.39 is 0 Å². The predicted molar refractivity (Wildman–Crippen MR) is 76.9 cm³/mol. The zero-order valence-corrected chi connectivity index (χ0v) is 11.7. The van der Waals surface area contributed by atoms with Crippen LogP contribution in [0.4, 0.5) is 5.82 Å². The number of aromatic nitrogens is 1. The molecule has 3 heterocycles. The molecule has 18 heavy (non-hydrogen) atoms. The number of morpholine rings is 1. The lowest BCUT2D eigenvalue weighted by Crippen LogP contribution is -2.49. The maximum absolute atomic E-state index is 5.91. The van der Waals surface area contributed by atoms with Crippen molar-refractivity contribution in [2.24, 2.45) is 0 Å². The van der Waals surface area contributed by atoms with Crippen LogP contribution in [0.15, 0.2) is 23.7 Å². The van der Waals surface area contributed by atoms with Crippen molar-refractivity contribution in [1.29, 1.82) is 0 Å². The fourth-order valence-corrected chi connectivity index (χ4v) is 3.28. The van der Waals surface area contributed by atoms with Gasteiger partial charge >= 0.3 is 0 Å². The molecule has 2 unspecified atom stereocenters. The molecule has 0 spiro atoms. The van der Waals surface area contributed by atoms with Gasteiger partial charge in [-0.2, -0.15) is 0 Å². The second-order valence-electron chi connectivity index (χ2n) is 4.58. The molecule has 2 aromatic rings. The van der Waals surface area contributed by atoms with Crippen molar-refractivity contribution in [3.8, 4) is 0 Å². The van der Waals surface area contributed by atoms with Crippen molar-refractivity contribution >= 4 is 38.8 Å². The van der Waals surface area contributed by atoms with Gasteiger partial charge in [-0.3, -0.25) is 0 Å². The fourth-order valence-electron chi connectivity index (χ4n) is 2.31. The van der Waals surface area contributed by atoms with Crippen LogP contribution in [0.2, 0.25) is 0 Å². The maximum atomic E-state index is 5.91. The van der Waals surface area contributed by atoms with Gasteiger partial charge in [-0.25, -0.2) is 4.98 Å². The summed E-state index contributed by atoms with van der Waals surface area (Å²) in [6.07, 6.45) is 1.98. The number of hydrogen-bond donors (Lipinski definition) is 0. The van der Waals surface area contributed by atoms with E-state index in [1.54, 1.807) is 11.3 Å². The second kappa shape index (κ2) is 5.03. The van der Waals surface area contributed by atoms with Crippen LogP contribution < -0.4 is 4.90 Å². The molecule has 2 aromatic heterocycles. The molecule has 0 saturated carbocycles. The Balaban J connectivity index is 1.99. The Morgan fingerprint density at radius 3 is 3.28 bits per heavy atom. The summed E-state index contributed by atoms with van der Waals surface area (Å²) in [5.74, 6) is 1.59. The molecule has 0 radical (unpaired) electrons. The lowest BCUT2D eigenvalue weighted by atomic mass is 10.2. The molecular formula is C13H15ClN2OS. The van der Waals surface area contributed by atoms with E-state index in [9.17, 15) is 0 Å². The molecule has 5 heteroatoms. The first-order valence-electron chi connectivity index (χ1n) is 6.06. The highest BCUT2D eigenvalue weighted by Gasteiger charge is 2.27. The van der Waals surface area contributed by atoms with Crippen LogP contribution in [0.5, 0.6) is 0 Å². The van der Waals surface area contributed by atoms with E-state index in [-0.39, 0.29) is 6.10 Å².